The summed E-state index contributed by atoms with van der Waals surface area (Å²) in [5.41, 5.74) is 0.929. The van der Waals surface area contributed by atoms with Crippen molar-refractivity contribution in [1.82, 2.24) is 9.97 Å². The summed E-state index contributed by atoms with van der Waals surface area (Å²) in [7, 11) is 0. The third kappa shape index (κ3) is 7.58. The van der Waals surface area contributed by atoms with Gasteiger partial charge in [-0.1, -0.05) is 12.8 Å². The Bertz CT molecular complexity index is 385. The fraction of sp³-hybridized carbons (Fsp3) is 0.733. The molecule has 0 atom stereocenters. The van der Waals surface area contributed by atoms with Crippen molar-refractivity contribution < 1.29 is 4.74 Å². The Morgan fingerprint density at radius 2 is 1.95 bits per heavy atom. The molecule has 0 fully saturated rings. The Kier molecular flexibility index (Phi) is 8.42. The highest BCUT2D eigenvalue weighted by molar-refractivity contribution is 7.98. The van der Waals surface area contributed by atoms with E-state index in [1.54, 1.807) is 0 Å². The van der Waals surface area contributed by atoms with Crippen LogP contribution >= 0.6 is 11.8 Å². The number of aryl methyl sites for hydroxylation is 1. The fourth-order valence-electron chi connectivity index (χ4n) is 1.85. The molecule has 1 aromatic rings. The highest BCUT2D eigenvalue weighted by atomic mass is 32.2. The second kappa shape index (κ2) is 9.86. The van der Waals surface area contributed by atoms with Crippen molar-refractivity contribution in [1.29, 1.82) is 0 Å². The Morgan fingerprint density at radius 3 is 2.65 bits per heavy atom. The first-order chi connectivity index (χ1) is 9.61. The zero-order valence-corrected chi connectivity index (χ0v) is 13.9. The van der Waals surface area contributed by atoms with Crippen molar-refractivity contribution in [2.45, 2.75) is 52.6 Å². The van der Waals surface area contributed by atoms with Crippen molar-refractivity contribution in [2.75, 3.05) is 23.9 Å². The molecule has 20 heavy (non-hydrogen) atoms. The van der Waals surface area contributed by atoms with E-state index in [9.17, 15) is 0 Å². The molecule has 0 aliphatic rings. The monoisotopic (exact) mass is 297 g/mol. The third-order valence-corrected chi connectivity index (χ3v) is 3.44. The lowest BCUT2D eigenvalue weighted by molar-refractivity contribution is 0.232. The number of nitrogens with one attached hydrogen (secondary N) is 1. The lowest BCUT2D eigenvalue weighted by Gasteiger charge is -2.11. The summed E-state index contributed by atoms with van der Waals surface area (Å²) >= 11 is 1.92. The summed E-state index contributed by atoms with van der Waals surface area (Å²) in [6.07, 6.45) is 7.33. The van der Waals surface area contributed by atoms with Gasteiger partial charge in [-0.15, -0.1) is 0 Å². The average molecular weight is 297 g/mol. The summed E-state index contributed by atoms with van der Waals surface area (Å²) < 4.78 is 5.61. The van der Waals surface area contributed by atoms with Crippen LogP contribution in [0.3, 0.4) is 0 Å². The maximum absolute atomic E-state index is 5.61. The molecule has 0 aliphatic carbocycles. The van der Waals surface area contributed by atoms with Crippen LogP contribution < -0.4 is 10.1 Å². The molecule has 1 rings (SSSR count). The normalized spacial score (nSPS) is 10.8. The molecule has 0 bridgehead atoms. The molecule has 4 nitrogen and oxygen atoms in total. The molecule has 5 heteroatoms. The van der Waals surface area contributed by atoms with Gasteiger partial charge in [0, 0.05) is 18.3 Å². The molecular formula is C15H27N3OS. The number of aromatic nitrogens is 2. The van der Waals surface area contributed by atoms with Gasteiger partial charge in [-0.2, -0.15) is 16.7 Å². The van der Waals surface area contributed by atoms with E-state index in [0.717, 1.165) is 18.7 Å². The summed E-state index contributed by atoms with van der Waals surface area (Å²) in [5.74, 6) is 2.59. The minimum Gasteiger partial charge on any atom is -0.475 e. The predicted molar refractivity (Wildman–Crippen MR) is 87.9 cm³/mol. The average Bonchev–Trinajstić information content (AvgIpc) is 2.36. The number of unbranched alkanes of at least 4 members (excludes halogenated alkanes) is 3. The van der Waals surface area contributed by atoms with E-state index >= 15 is 0 Å². The summed E-state index contributed by atoms with van der Waals surface area (Å²) in [5, 5.41) is 3.28. The van der Waals surface area contributed by atoms with Crippen LogP contribution in [0.4, 0.5) is 5.95 Å². The second-order valence-corrected chi connectivity index (χ2v) is 6.16. The first-order valence-corrected chi connectivity index (χ1v) is 8.76. The first kappa shape index (κ1) is 17.1. The van der Waals surface area contributed by atoms with E-state index < -0.39 is 0 Å². The van der Waals surface area contributed by atoms with Gasteiger partial charge < -0.3 is 10.1 Å². The smallest absolute Gasteiger partial charge is 0.226 e. The van der Waals surface area contributed by atoms with Gasteiger partial charge in [0.05, 0.1) is 6.10 Å². The SMILES string of the molecule is CSCCCCCCNc1nc(C)cc(OC(C)C)n1. The van der Waals surface area contributed by atoms with Crippen LogP contribution in [0.2, 0.25) is 0 Å². The number of thioether (sulfide) groups is 1. The van der Waals surface area contributed by atoms with Crippen molar-refractivity contribution in [2.24, 2.45) is 0 Å². The number of nitrogens with zero attached hydrogens (tertiary/aromatic N) is 2. The molecule has 0 radical (unpaired) electrons. The second-order valence-electron chi connectivity index (χ2n) is 5.17. The molecule has 1 heterocycles. The van der Waals surface area contributed by atoms with Crippen molar-refractivity contribution >= 4 is 17.7 Å². The maximum Gasteiger partial charge on any atom is 0.226 e. The summed E-state index contributed by atoms with van der Waals surface area (Å²) in [6.45, 7) is 6.88. The van der Waals surface area contributed by atoms with E-state index in [-0.39, 0.29) is 6.10 Å². The van der Waals surface area contributed by atoms with Crippen LogP contribution in [0.5, 0.6) is 5.88 Å². The van der Waals surface area contributed by atoms with E-state index in [1.165, 1.54) is 25.0 Å². The van der Waals surface area contributed by atoms with Crippen molar-refractivity contribution in [3.05, 3.63) is 11.8 Å². The molecule has 1 N–H and O–H groups in total. The van der Waals surface area contributed by atoms with Gasteiger partial charge in [-0.3, -0.25) is 0 Å². The summed E-state index contributed by atoms with van der Waals surface area (Å²) in [4.78, 5) is 8.76. The Morgan fingerprint density at radius 1 is 1.20 bits per heavy atom. The van der Waals surface area contributed by atoms with Crippen LogP contribution in [0, 0.1) is 6.92 Å². The third-order valence-electron chi connectivity index (χ3n) is 2.75. The molecular weight excluding hydrogens is 270 g/mol. The molecule has 0 aliphatic heterocycles. The number of rotatable bonds is 10. The molecule has 114 valence electrons. The van der Waals surface area contributed by atoms with Crippen LogP contribution in [-0.4, -0.2) is 34.6 Å². The number of hydrogen-bond donors (Lipinski definition) is 1. The van der Waals surface area contributed by atoms with Crippen molar-refractivity contribution in [3.8, 4) is 5.88 Å². The minimum atomic E-state index is 0.133. The highest BCUT2D eigenvalue weighted by Crippen LogP contribution is 2.13. The highest BCUT2D eigenvalue weighted by Gasteiger charge is 2.04. The van der Waals surface area contributed by atoms with Gasteiger partial charge in [0.15, 0.2) is 0 Å². The van der Waals surface area contributed by atoms with E-state index in [1.807, 2.05) is 38.6 Å². The molecule has 0 spiro atoms. The number of anilines is 1. The standard InChI is InChI=1S/C15H27N3OS/c1-12(2)19-14-11-13(3)17-15(18-14)16-9-7-5-6-8-10-20-4/h11-12H,5-10H2,1-4H3,(H,16,17,18). The zero-order valence-electron chi connectivity index (χ0n) is 13.1. The Labute approximate surface area is 127 Å². The molecule has 1 aromatic heterocycles. The van der Waals surface area contributed by atoms with E-state index in [0.29, 0.717) is 11.8 Å². The molecule has 0 amide bonds. The van der Waals surface area contributed by atoms with Gasteiger partial charge in [0.1, 0.15) is 0 Å². The van der Waals surface area contributed by atoms with Crippen LogP contribution in [-0.2, 0) is 0 Å². The van der Waals surface area contributed by atoms with Crippen LogP contribution in [0.1, 0.15) is 45.2 Å². The van der Waals surface area contributed by atoms with Crippen molar-refractivity contribution in [3.63, 3.8) is 0 Å². The quantitative estimate of drug-likeness (QED) is 0.664. The predicted octanol–water partition coefficient (Wildman–Crippen LogP) is 3.91. The lowest BCUT2D eigenvalue weighted by Crippen LogP contribution is -2.11. The van der Waals surface area contributed by atoms with E-state index in [4.69, 9.17) is 4.74 Å². The van der Waals surface area contributed by atoms with E-state index in [2.05, 4.69) is 21.5 Å². The van der Waals surface area contributed by atoms with Gasteiger partial charge in [-0.05, 0) is 45.6 Å². The fourth-order valence-corrected chi connectivity index (χ4v) is 2.34. The van der Waals surface area contributed by atoms with Gasteiger partial charge in [0.25, 0.3) is 0 Å². The first-order valence-electron chi connectivity index (χ1n) is 7.37. The molecule has 0 unspecified atom stereocenters. The Balaban J connectivity index is 2.30. The minimum absolute atomic E-state index is 0.133. The van der Waals surface area contributed by atoms with Gasteiger partial charge >= 0.3 is 0 Å². The summed E-state index contributed by atoms with van der Waals surface area (Å²) in [6, 6.07) is 1.87. The number of hydrogen-bond acceptors (Lipinski definition) is 5. The Hall–Kier alpha value is -0.970. The maximum atomic E-state index is 5.61. The number of ether oxygens (including phenoxy) is 1. The van der Waals surface area contributed by atoms with Crippen LogP contribution in [0.15, 0.2) is 6.07 Å². The molecule has 0 saturated heterocycles. The topological polar surface area (TPSA) is 47.0 Å². The molecule has 0 saturated carbocycles. The van der Waals surface area contributed by atoms with Crippen LogP contribution in [0.25, 0.3) is 0 Å². The zero-order chi connectivity index (χ0) is 14.8. The van der Waals surface area contributed by atoms with Gasteiger partial charge in [0.2, 0.25) is 11.8 Å². The van der Waals surface area contributed by atoms with Gasteiger partial charge in [-0.25, -0.2) is 4.98 Å². The lowest BCUT2D eigenvalue weighted by atomic mass is 10.2. The largest absolute Gasteiger partial charge is 0.475 e. The molecule has 0 aromatic carbocycles.